The van der Waals surface area contributed by atoms with Crippen LogP contribution in [0.1, 0.15) is 25.6 Å². The average molecular weight is 221 g/mol. The summed E-state index contributed by atoms with van der Waals surface area (Å²) < 4.78 is 38.2. The van der Waals surface area contributed by atoms with E-state index in [2.05, 4.69) is 5.10 Å². The van der Waals surface area contributed by atoms with Gasteiger partial charge in [-0.15, -0.1) is 0 Å². The molecule has 3 nitrogen and oxygen atoms in total. The topological polar surface area (TPSA) is 43.8 Å². The molecule has 15 heavy (non-hydrogen) atoms. The van der Waals surface area contributed by atoms with E-state index in [-0.39, 0.29) is 12.5 Å². The van der Waals surface area contributed by atoms with Crippen LogP contribution in [0, 0.1) is 0 Å². The first-order valence-electron chi connectivity index (χ1n) is 4.67. The first-order valence-corrected chi connectivity index (χ1v) is 4.67. The van der Waals surface area contributed by atoms with Gasteiger partial charge in [-0.3, -0.25) is 4.68 Å². The molecule has 0 radical (unpaired) electrons. The summed E-state index contributed by atoms with van der Waals surface area (Å²) >= 11 is 0. The van der Waals surface area contributed by atoms with Gasteiger partial charge < -0.3 is 5.73 Å². The lowest BCUT2D eigenvalue weighted by atomic mass is 10.1. The number of nitrogens with zero attached hydrogens (tertiary/aromatic N) is 2. The normalized spacial score (nSPS) is 14.6. The van der Waals surface area contributed by atoms with Crippen molar-refractivity contribution in [3.8, 4) is 0 Å². The molecule has 2 N–H and O–H groups in total. The summed E-state index contributed by atoms with van der Waals surface area (Å²) in [5.41, 5.74) is 5.55. The molecule has 0 fully saturated rings. The molecule has 1 heterocycles. The van der Waals surface area contributed by atoms with E-state index in [0.717, 1.165) is 0 Å². The minimum Gasteiger partial charge on any atom is -0.320 e. The fourth-order valence-corrected chi connectivity index (χ4v) is 1.31. The Kier molecular flexibility index (Phi) is 3.38. The molecule has 0 amide bonds. The Labute approximate surface area is 86.1 Å². The van der Waals surface area contributed by atoms with E-state index in [1.807, 2.05) is 13.8 Å². The molecule has 86 valence electrons. The van der Waals surface area contributed by atoms with Crippen molar-refractivity contribution in [3.63, 3.8) is 0 Å². The predicted octanol–water partition coefficient (Wildman–Crippen LogP) is 1.90. The highest BCUT2D eigenvalue weighted by Crippen LogP contribution is 2.22. The van der Waals surface area contributed by atoms with Crippen LogP contribution in [0.5, 0.6) is 0 Å². The van der Waals surface area contributed by atoms with Gasteiger partial charge >= 0.3 is 6.18 Å². The molecular weight excluding hydrogens is 207 g/mol. The van der Waals surface area contributed by atoms with E-state index in [0.29, 0.717) is 5.69 Å². The van der Waals surface area contributed by atoms with Crippen molar-refractivity contribution < 1.29 is 13.2 Å². The van der Waals surface area contributed by atoms with Crippen LogP contribution in [-0.4, -0.2) is 22.0 Å². The smallest absolute Gasteiger partial charge is 0.320 e. The summed E-state index contributed by atoms with van der Waals surface area (Å²) in [5, 5.41) is 3.94. The van der Waals surface area contributed by atoms with E-state index < -0.39 is 12.2 Å². The second kappa shape index (κ2) is 4.22. The molecule has 0 saturated heterocycles. The Hall–Kier alpha value is -1.04. The zero-order chi connectivity index (χ0) is 11.6. The lowest BCUT2D eigenvalue weighted by Gasteiger charge is -2.17. The van der Waals surface area contributed by atoms with Gasteiger partial charge in [-0.05, 0) is 19.9 Å². The Morgan fingerprint density at radius 2 is 2.07 bits per heavy atom. The zero-order valence-corrected chi connectivity index (χ0v) is 8.62. The minimum absolute atomic E-state index is 0.0374. The third kappa shape index (κ3) is 2.95. The van der Waals surface area contributed by atoms with Crippen molar-refractivity contribution in [1.29, 1.82) is 0 Å². The number of hydrogen-bond acceptors (Lipinski definition) is 2. The largest absolute Gasteiger partial charge is 0.404 e. The summed E-state index contributed by atoms with van der Waals surface area (Å²) in [7, 11) is 0. The molecule has 0 aromatic carbocycles. The summed E-state index contributed by atoms with van der Waals surface area (Å²) in [6.07, 6.45) is -3.10. The average Bonchev–Trinajstić information content (AvgIpc) is 2.50. The van der Waals surface area contributed by atoms with Crippen molar-refractivity contribution in [2.45, 2.75) is 38.5 Å². The number of rotatable bonds is 3. The molecule has 6 heteroatoms. The lowest BCUT2D eigenvalue weighted by Crippen LogP contribution is -2.39. The fraction of sp³-hybridized carbons (Fsp3) is 0.667. The highest BCUT2D eigenvalue weighted by Gasteiger charge is 2.37. The highest BCUT2D eigenvalue weighted by atomic mass is 19.4. The number of nitrogens with two attached hydrogens (primary N) is 1. The highest BCUT2D eigenvalue weighted by molar-refractivity contribution is 5.04. The van der Waals surface area contributed by atoms with Gasteiger partial charge in [0.05, 0.1) is 0 Å². The van der Waals surface area contributed by atoms with Crippen LogP contribution in [0.25, 0.3) is 0 Å². The van der Waals surface area contributed by atoms with Crippen LogP contribution < -0.4 is 5.73 Å². The van der Waals surface area contributed by atoms with Gasteiger partial charge in [-0.25, -0.2) is 0 Å². The summed E-state index contributed by atoms with van der Waals surface area (Å²) in [6, 6.07) is -0.229. The van der Waals surface area contributed by atoms with E-state index in [4.69, 9.17) is 5.73 Å². The number of hydrogen-bond donors (Lipinski definition) is 1. The second-order valence-electron chi connectivity index (χ2n) is 3.71. The van der Waals surface area contributed by atoms with Gasteiger partial charge in [0.2, 0.25) is 0 Å². The van der Waals surface area contributed by atoms with Gasteiger partial charge in [0.25, 0.3) is 0 Å². The number of halogens is 3. The van der Waals surface area contributed by atoms with Crippen molar-refractivity contribution in [1.82, 2.24) is 9.78 Å². The predicted molar refractivity (Wildman–Crippen MR) is 50.3 cm³/mol. The molecule has 0 spiro atoms. The molecule has 0 saturated carbocycles. The van der Waals surface area contributed by atoms with E-state index in [9.17, 15) is 13.2 Å². The van der Waals surface area contributed by atoms with Crippen LogP contribution >= 0.6 is 0 Å². The molecule has 0 aliphatic rings. The zero-order valence-electron chi connectivity index (χ0n) is 8.62. The lowest BCUT2D eigenvalue weighted by molar-refractivity contribution is -0.147. The molecule has 0 aliphatic carbocycles. The second-order valence-corrected chi connectivity index (χ2v) is 3.71. The maximum atomic E-state index is 12.2. The standard InChI is InChI=1S/C9H14F3N3/c1-6(2)15-7(3-4-14-15)5-8(13)9(10,11)12/h3-4,6,8H,5,13H2,1-2H3. The Balaban J connectivity index is 2.77. The van der Waals surface area contributed by atoms with Crippen LogP contribution in [0.4, 0.5) is 13.2 Å². The van der Waals surface area contributed by atoms with Crippen LogP contribution in [0.3, 0.4) is 0 Å². The quantitative estimate of drug-likeness (QED) is 0.847. The monoisotopic (exact) mass is 221 g/mol. The first kappa shape index (κ1) is 12.0. The third-order valence-corrected chi connectivity index (χ3v) is 2.09. The van der Waals surface area contributed by atoms with Crippen LogP contribution in [0.15, 0.2) is 12.3 Å². The maximum Gasteiger partial charge on any atom is 0.404 e. The van der Waals surface area contributed by atoms with Gasteiger partial charge in [0, 0.05) is 24.4 Å². The molecular formula is C9H14F3N3. The third-order valence-electron chi connectivity index (χ3n) is 2.09. The number of alkyl halides is 3. The van der Waals surface area contributed by atoms with Gasteiger partial charge in [-0.1, -0.05) is 0 Å². The molecule has 0 bridgehead atoms. The Morgan fingerprint density at radius 1 is 1.47 bits per heavy atom. The fourth-order valence-electron chi connectivity index (χ4n) is 1.31. The van der Waals surface area contributed by atoms with E-state index in [1.54, 1.807) is 10.7 Å². The minimum atomic E-state index is -4.36. The van der Waals surface area contributed by atoms with Crippen molar-refractivity contribution in [2.75, 3.05) is 0 Å². The molecule has 1 rings (SSSR count). The molecule has 1 aromatic heterocycles. The van der Waals surface area contributed by atoms with Crippen LogP contribution in [0.2, 0.25) is 0 Å². The molecule has 1 atom stereocenters. The summed E-state index contributed by atoms with van der Waals surface area (Å²) in [5.74, 6) is 0. The van der Waals surface area contributed by atoms with E-state index >= 15 is 0 Å². The van der Waals surface area contributed by atoms with Crippen molar-refractivity contribution >= 4 is 0 Å². The molecule has 1 aromatic rings. The van der Waals surface area contributed by atoms with Gasteiger partial charge in [0.1, 0.15) is 6.04 Å². The number of aromatic nitrogens is 2. The van der Waals surface area contributed by atoms with Gasteiger partial charge in [-0.2, -0.15) is 18.3 Å². The van der Waals surface area contributed by atoms with Gasteiger partial charge in [0.15, 0.2) is 0 Å². The van der Waals surface area contributed by atoms with Crippen molar-refractivity contribution in [3.05, 3.63) is 18.0 Å². The van der Waals surface area contributed by atoms with Crippen LogP contribution in [-0.2, 0) is 6.42 Å². The first-order chi connectivity index (χ1) is 6.82. The van der Waals surface area contributed by atoms with Crippen molar-refractivity contribution in [2.24, 2.45) is 5.73 Å². The molecule has 1 unspecified atom stereocenters. The summed E-state index contributed by atoms with van der Waals surface area (Å²) in [4.78, 5) is 0. The summed E-state index contributed by atoms with van der Waals surface area (Å²) in [6.45, 7) is 3.71. The maximum absolute atomic E-state index is 12.2. The van der Waals surface area contributed by atoms with E-state index in [1.165, 1.54) is 6.20 Å². The Bertz CT molecular complexity index is 317. The Morgan fingerprint density at radius 3 is 2.53 bits per heavy atom. The SMILES string of the molecule is CC(C)n1nccc1CC(N)C(F)(F)F. The molecule has 0 aliphatic heterocycles.